The fraction of sp³-hybridized carbons (Fsp3) is 0.294. The maximum atomic E-state index is 11.6. The lowest BCUT2D eigenvalue weighted by atomic mass is 10.1. The second kappa shape index (κ2) is 6.28. The summed E-state index contributed by atoms with van der Waals surface area (Å²) < 4.78 is 5.37. The Kier molecular flexibility index (Phi) is 3.82. The summed E-state index contributed by atoms with van der Waals surface area (Å²) in [7, 11) is 0. The van der Waals surface area contributed by atoms with Gasteiger partial charge in [-0.2, -0.15) is 5.26 Å². The fourth-order valence-electron chi connectivity index (χ4n) is 3.25. The minimum absolute atomic E-state index is 0.0528. The van der Waals surface area contributed by atoms with Gasteiger partial charge < -0.3 is 19.9 Å². The highest BCUT2D eigenvalue weighted by molar-refractivity contribution is 6.10. The minimum Gasteiger partial charge on any atom is -0.444 e. The van der Waals surface area contributed by atoms with Gasteiger partial charge in [-0.25, -0.2) is 9.78 Å². The van der Waals surface area contributed by atoms with Crippen LogP contribution in [0.2, 0.25) is 0 Å². The van der Waals surface area contributed by atoms with Gasteiger partial charge in [0, 0.05) is 41.8 Å². The van der Waals surface area contributed by atoms with E-state index >= 15 is 0 Å². The molecular formula is C17H16N6O2. The van der Waals surface area contributed by atoms with Gasteiger partial charge in [0.05, 0.1) is 24.3 Å². The van der Waals surface area contributed by atoms with Crippen molar-refractivity contribution in [1.29, 1.82) is 5.26 Å². The van der Waals surface area contributed by atoms with Gasteiger partial charge >= 0.3 is 6.09 Å². The van der Waals surface area contributed by atoms with Crippen molar-refractivity contribution in [3.63, 3.8) is 0 Å². The highest BCUT2D eigenvalue weighted by Crippen LogP contribution is 2.33. The van der Waals surface area contributed by atoms with Crippen LogP contribution in [0.15, 0.2) is 30.7 Å². The summed E-state index contributed by atoms with van der Waals surface area (Å²) in [5, 5.41) is 13.0. The molecule has 1 aliphatic heterocycles. The van der Waals surface area contributed by atoms with E-state index < -0.39 is 6.09 Å². The summed E-state index contributed by atoms with van der Waals surface area (Å²) in [6.07, 6.45) is 5.38. The Balaban J connectivity index is 1.60. The molecule has 126 valence electrons. The minimum atomic E-state index is -0.551. The van der Waals surface area contributed by atoms with E-state index in [0.29, 0.717) is 6.54 Å². The van der Waals surface area contributed by atoms with Gasteiger partial charge in [-0.05, 0) is 12.1 Å². The molecule has 3 aromatic rings. The number of amides is 1. The van der Waals surface area contributed by atoms with Crippen molar-refractivity contribution in [1.82, 2.24) is 20.3 Å². The van der Waals surface area contributed by atoms with Crippen LogP contribution in [0.25, 0.3) is 21.9 Å². The van der Waals surface area contributed by atoms with E-state index in [2.05, 4.69) is 25.2 Å². The first-order valence-corrected chi connectivity index (χ1v) is 8.03. The van der Waals surface area contributed by atoms with E-state index in [1.54, 1.807) is 12.4 Å². The maximum absolute atomic E-state index is 11.6. The number of anilines is 1. The molecule has 3 aromatic heterocycles. The summed E-state index contributed by atoms with van der Waals surface area (Å²) in [4.78, 5) is 25.7. The summed E-state index contributed by atoms with van der Waals surface area (Å²) in [5.74, 6) is 0. The molecule has 4 heterocycles. The fourth-order valence-corrected chi connectivity index (χ4v) is 3.25. The number of nitrogens with zero attached hydrogens (tertiary/aromatic N) is 4. The van der Waals surface area contributed by atoms with Crippen molar-refractivity contribution >= 4 is 33.7 Å². The summed E-state index contributed by atoms with van der Waals surface area (Å²) in [6.45, 7) is 1.33. The Morgan fingerprint density at radius 3 is 3.28 bits per heavy atom. The number of hydrogen-bond acceptors (Lipinski definition) is 6. The van der Waals surface area contributed by atoms with Crippen LogP contribution in [0.3, 0.4) is 0 Å². The number of pyridine rings is 2. The average molecular weight is 336 g/mol. The molecule has 0 spiro atoms. The van der Waals surface area contributed by atoms with E-state index in [1.165, 1.54) is 0 Å². The first-order valence-electron chi connectivity index (χ1n) is 8.03. The average Bonchev–Trinajstić information content (AvgIpc) is 3.28. The highest BCUT2D eigenvalue weighted by Gasteiger charge is 2.27. The molecule has 2 N–H and O–H groups in total. The molecule has 0 aliphatic carbocycles. The molecule has 4 rings (SSSR count). The normalized spacial score (nSPS) is 16.9. The molecule has 1 amide bonds. The first kappa shape index (κ1) is 15.2. The molecular weight excluding hydrogens is 320 g/mol. The van der Waals surface area contributed by atoms with E-state index in [0.717, 1.165) is 40.6 Å². The Morgan fingerprint density at radius 2 is 2.40 bits per heavy atom. The number of H-pyrrole nitrogens is 1. The molecule has 8 nitrogen and oxygen atoms in total. The van der Waals surface area contributed by atoms with Crippen LogP contribution in [0.1, 0.15) is 6.42 Å². The third-order valence-corrected chi connectivity index (χ3v) is 4.34. The van der Waals surface area contributed by atoms with Crippen LogP contribution in [-0.2, 0) is 4.74 Å². The SMILES string of the molecule is N#CCNC(=O)OC1CCN(c2ccnc3cnc4[nH]ccc4c23)C1. The molecule has 1 saturated heterocycles. The van der Waals surface area contributed by atoms with Crippen LogP contribution in [0.4, 0.5) is 10.5 Å². The van der Waals surface area contributed by atoms with E-state index in [9.17, 15) is 4.79 Å². The monoisotopic (exact) mass is 336 g/mol. The third-order valence-electron chi connectivity index (χ3n) is 4.34. The number of ether oxygens (including phenoxy) is 1. The summed E-state index contributed by atoms with van der Waals surface area (Å²) >= 11 is 0. The molecule has 8 heteroatoms. The number of alkyl carbamates (subject to hydrolysis) is 1. The second-order valence-electron chi connectivity index (χ2n) is 5.86. The molecule has 1 fully saturated rings. The molecule has 0 aromatic carbocycles. The zero-order valence-electron chi connectivity index (χ0n) is 13.4. The molecule has 0 saturated carbocycles. The Labute approximate surface area is 143 Å². The number of aromatic nitrogens is 3. The lowest BCUT2D eigenvalue weighted by molar-refractivity contribution is 0.109. The standard InChI is InChI=1S/C17H16N6O2/c18-4-7-21-17(24)25-11-3-8-23(10-11)14-2-6-19-13-9-22-16-12(15(13)14)1-5-20-16/h1-2,5-6,9,11H,3,7-8,10H2,(H,20,22)(H,21,24). The summed E-state index contributed by atoms with van der Waals surface area (Å²) in [5.41, 5.74) is 2.71. The number of nitriles is 1. The van der Waals surface area contributed by atoms with Crippen molar-refractivity contribution < 1.29 is 9.53 Å². The zero-order chi connectivity index (χ0) is 17.2. The predicted molar refractivity (Wildman–Crippen MR) is 92.1 cm³/mol. The van der Waals surface area contributed by atoms with Crippen molar-refractivity contribution in [3.8, 4) is 6.07 Å². The number of nitrogens with one attached hydrogen (secondary N) is 2. The van der Waals surface area contributed by atoms with Crippen molar-refractivity contribution in [3.05, 3.63) is 30.7 Å². The Bertz CT molecular complexity index is 976. The quantitative estimate of drug-likeness (QED) is 0.708. The second-order valence-corrected chi connectivity index (χ2v) is 5.86. The van der Waals surface area contributed by atoms with Gasteiger partial charge in [0.1, 0.15) is 18.3 Å². The van der Waals surface area contributed by atoms with Crippen LogP contribution < -0.4 is 10.2 Å². The van der Waals surface area contributed by atoms with Gasteiger partial charge in [-0.3, -0.25) is 4.98 Å². The third kappa shape index (κ3) is 2.80. The van der Waals surface area contributed by atoms with E-state index in [4.69, 9.17) is 10.00 Å². The summed E-state index contributed by atoms with van der Waals surface area (Å²) in [6, 6.07) is 5.83. The topological polar surface area (TPSA) is 107 Å². The van der Waals surface area contributed by atoms with Crippen LogP contribution in [0, 0.1) is 11.3 Å². The smallest absolute Gasteiger partial charge is 0.408 e. The van der Waals surface area contributed by atoms with Crippen molar-refractivity contribution in [2.24, 2.45) is 0 Å². The molecule has 0 radical (unpaired) electrons. The van der Waals surface area contributed by atoms with Gasteiger partial charge in [0.25, 0.3) is 0 Å². The Hall–Kier alpha value is -3.34. The van der Waals surface area contributed by atoms with Crippen molar-refractivity contribution in [2.45, 2.75) is 12.5 Å². The van der Waals surface area contributed by atoms with Gasteiger partial charge in [0.15, 0.2) is 0 Å². The molecule has 1 atom stereocenters. The maximum Gasteiger partial charge on any atom is 0.408 e. The number of aromatic amines is 1. The lowest BCUT2D eigenvalue weighted by Gasteiger charge is -2.20. The van der Waals surface area contributed by atoms with Crippen LogP contribution in [-0.4, -0.2) is 46.8 Å². The lowest BCUT2D eigenvalue weighted by Crippen LogP contribution is -2.31. The van der Waals surface area contributed by atoms with Gasteiger partial charge in [-0.15, -0.1) is 0 Å². The largest absolute Gasteiger partial charge is 0.444 e. The number of carbonyl (C=O) groups is 1. The predicted octanol–water partition coefficient (Wildman–Crippen LogP) is 1.94. The molecule has 1 aliphatic rings. The van der Waals surface area contributed by atoms with Crippen molar-refractivity contribution in [2.75, 3.05) is 24.5 Å². The molecule has 25 heavy (non-hydrogen) atoms. The molecule has 0 bridgehead atoms. The van der Waals surface area contributed by atoms with Crippen LogP contribution in [0.5, 0.6) is 0 Å². The van der Waals surface area contributed by atoms with E-state index in [1.807, 2.05) is 24.4 Å². The Morgan fingerprint density at radius 1 is 1.48 bits per heavy atom. The number of carbonyl (C=O) groups excluding carboxylic acids is 1. The zero-order valence-corrected chi connectivity index (χ0v) is 13.4. The number of hydrogen-bond donors (Lipinski definition) is 2. The molecule has 1 unspecified atom stereocenters. The van der Waals surface area contributed by atoms with Crippen LogP contribution >= 0.6 is 0 Å². The first-order chi connectivity index (χ1) is 12.3. The van der Waals surface area contributed by atoms with Gasteiger partial charge in [0.2, 0.25) is 0 Å². The highest BCUT2D eigenvalue weighted by atomic mass is 16.6. The number of fused-ring (bicyclic) bond motifs is 3. The van der Waals surface area contributed by atoms with E-state index in [-0.39, 0.29) is 12.6 Å². The van der Waals surface area contributed by atoms with Gasteiger partial charge in [-0.1, -0.05) is 0 Å². The number of rotatable bonds is 3.